The second-order valence-electron chi connectivity index (χ2n) is 6.46. The van der Waals surface area contributed by atoms with E-state index in [1.54, 1.807) is 0 Å². The first kappa shape index (κ1) is 16.1. The molecular weight excluding hydrogens is 314 g/mol. The van der Waals surface area contributed by atoms with Gasteiger partial charge in [0.1, 0.15) is 0 Å². The van der Waals surface area contributed by atoms with Crippen LogP contribution in [0.1, 0.15) is 27.0 Å². The van der Waals surface area contributed by atoms with Crippen molar-refractivity contribution in [2.75, 3.05) is 31.2 Å². The Morgan fingerprint density at radius 2 is 1.92 bits per heavy atom. The fourth-order valence-corrected chi connectivity index (χ4v) is 3.59. The lowest BCUT2D eigenvalue weighted by molar-refractivity contribution is 0.0949. The van der Waals surface area contributed by atoms with Gasteiger partial charge < -0.3 is 20.3 Å². The van der Waals surface area contributed by atoms with Crippen LogP contribution >= 0.6 is 0 Å². The summed E-state index contributed by atoms with van der Waals surface area (Å²) in [5, 5.41) is 6.41. The number of fused-ring (bicyclic) bond motifs is 1. The molecule has 2 aromatic rings. The van der Waals surface area contributed by atoms with Gasteiger partial charge >= 0.3 is 0 Å². The fourth-order valence-electron chi connectivity index (χ4n) is 3.59. The normalized spacial score (nSPS) is 16.6. The second-order valence-corrected chi connectivity index (χ2v) is 6.46. The number of rotatable bonds is 4. The van der Waals surface area contributed by atoms with E-state index in [4.69, 9.17) is 4.74 Å². The van der Waals surface area contributed by atoms with Crippen LogP contribution in [-0.2, 0) is 24.4 Å². The molecule has 0 aliphatic carbocycles. The molecule has 0 spiro atoms. The highest BCUT2D eigenvalue weighted by Crippen LogP contribution is 2.23. The lowest BCUT2D eigenvalue weighted by atomic mass is 10.0. The molecule has 0 atom stereocenters. The first-order valence-corrected chi connectivity index (χ1v) is 8.83. The van der Waals surface area contributed by atoms with Gasteiger partial charge in [0, 0.05) is 44.0 Å². The zero-order valence-corrected chi connectivity index (χ0v) is 14.3. The molecule has 5 heteroatoms. The van der Waals surface area contributed by atoms with Gasteiger partial charge in [-0.3, -0.25) is 4.79 Å². The summed E-state index contributed by atoms with van der Waals surface area (Å²) < 4.78 is 5.44. The second kappa shape index (κ2) is 7.25. The van der Waals surface area contributed by atoms with E-state index in [0.29, 0.717) is 6.54 Å². The van der Waals surface area contributed by atoms with Crippen LogP contribution in [0.3, 0.4) is 0 Å². The van der Waals surface area contributed by atoms with Gasteiger partial charge in [0.15, 0.2) is 0 Å². The van der Waals surface area contributed by atoms with Crippen molar-refractivity contribution in [1.29, 1.82) is 0 Å². The topological polar surface area (TPSA) is 53.6 Å². The van der Waals surface area contributed by atoms with Crippen molar-refractivity contribution in [3.8, 4) is 0 Å². The number of benzene rings is 2. The van der Waals surface area contributed by atoms with Crippen molar-refractivity contribution in [1.82, 2.24) is 10.6 Å². The van der Waals surface area contributed by atoms with Crippen molar-refractivity contribution >= 4 is 11.6 Å². The summed E-state index contributed by atoms with van der Waals surface area (Å²) in [6.45, 7) is 5.43. The van der Waals surface area contributed by atoms with E-state index in [1.165, 1.54) is 11.3 Å². The number of hydrogen-bond donors (Lipinski definition) is 2. The predicted octanol–water partition coefficient (Wildman–Crippen LogP) is 2.06. The Bertz CT molecular complexity index is 769. The van der Waals surface area contributed by atoms with E-state index < -0.39 is 0 Å². The standard InChI is InChI=1S/C20H23N3O2/c24-20(17-6-3-5-15-12-21-14-18(15)17)22-13-16-4-1-2-7-19(16)23-8-10-25-11-9-23/h1-7,21H,8-14H2,(H,22,24). The van der Waals surface area contributed by atoms with Crippen LogP contribution in [0.4, 0.5) is 5.69 Å². The van der Waals surface area contributed by atoms with Gasteiger partial charge in [0.05, 0.1) is 13.2 Å². The van der Waals surface area contributed by atoms with Crippen molar-refractivity contribution in [3.63, 3.8) is 0 Å². The molecule has 4 rings (SSSR count). The van der Waals surface area contributed by atoms with Crippen molar-refractivity contribution in [2.24, 2.45) is 0 Å². The van der Waals surface area contributed by atoms with Crippen LogP contribution in [0.5, 0.6) is 0 Å². The molecule has 1 saturated heterocycles. The fraction of sp³-hybridized carbons (Fsp3) is 0.350. The quantitative estimate of drug-likeness (QED) is 0.897. The minimum atomic E-state index is -0.00247. The third-order valence-corrected chi connectivity index (χ3v) is 4.92. The molecule has 2 heterocycles. The first-order chi connectivity index (χ1) is 12.3. The number of nitrogens with one attached hydrogen (secondary N) is 2. The maximum atomic E-state index is 12.7. The highest BCUT2D eigenvalue weighted by molar-refractivity contribution is 5.96. The zero-order chi connectivity index (χ0) is 17.1. The SMILES string of the molecule is O=C(NCc1ccccc1N1CCOCC1)c1cccc2c1CNC2. The summed E-state index contributed by atoms with van der Waals surface area (Å²) in [4.78, 5) is 15.0. The first-order valence-electron chi connectivity index (χ1n) is 8.83. The number of para-hydroxylation sites is 1. The van der Waals surface area contributed by atoms with Gasteiger partial charge in [0.2, 0.25) is 0 Å². The molecule has 0 saturated carbocycles. The van der Waals surface area contributed by atoms with E-state index >= 15 is 0 Å². The average molecular weight is 337 g/mol. The molecule has 1 fully saturated rings. The van der Waals surface area contributed by atoms with Gasteiger partial charge in [-0.1, -0.05) is 30.3 Å². The molecule has 130 valence electrons. The third-order valence-electron chi connectivity index (χ3n) is 4.92. The maximum Gasteiger partial charge on any atom is 0.251 e. The number of hydrogen-bond acceptors (Lipinski definition) is 4. The Balaban J connectivity index is 1.48. The molecule has 1 amide bonds. The molecule has 2 N–H and O–H groups in total. The van der Waals surface area contributed by atoms with Gasteiger partial charge in [-0.2, -0.15) is 0 Å². The number of nitrogens with zero attached hydrogens (tertiary/aromatic N) is 1. The average Bonchev–Trinajstić information content (AvgIpc) is 3.16. The number of anilines is 1. The van der Waals surface area contributed by atoms with Gasteiger partial charge in [-0.05, 0) is 28.8 Å². The van der Waals surface area contributed by atoms with E-state index in [-0.39, 0.29) is 5.91 Å². The van der Waals surface area contributed by atoms with Crippen LogP contribution in [0, 0.1) is 0 Å². The van der Waals surface area contributed by atoms with Crippen molar-refractivity contribution in [3.05, 3.63) is 64.7 Å². The van der Waals surface area contributed by atoms with Gasteiger partial charge in [-0.25, -0.2) is 0 Å². The number of morpholine rings is 1. The number of ether oxygens (including phenoxy) is 1. The Kier molecular flexibility index (Phi) is 4.68. The van der Waals surface area contributed by atoms with E-state index in [2.05, 4.69) is 33.7 Å². The van der Waals surface area contributed by atoms with Crippen LogP contribution in [0.2, 0.25) is 0 Å². The highest BCUT2D eigenvalue weighted by atomic mass is 16.5. The highest BCUT2D eigenvalue weighted by Gasteiger charge is 2.19. The van der Waals surface area contributed by atoms with E-state index in [1.807, 2.05) is 24.3 Å². The maximum absolute atomic E-state index is 12.7. The smallest absolute Gasteiger partial charge is 0.251 e. The summed E-state index contributed by atoms with van der Waals surface area (Å²) in [5.74, 6) is -0.00247. The summed E-state index contributed by atoms with van der Waals surface area (Å²) in [7, 11) is 0. The minimum absolute atomic E-state index is 0.00247. The van der Waals surface area contributed by atoms with Gasteiger partial charge in [0.25, 0.3) is 5.91 Å². The predicted molar refractivity (Wildman–Crippen MR) is 97.6 cm³/mol. The molecule has 0 aromatic heterocycles. The number of amides is 1. The van der Waals surface area contributed by atoms with Crippen LogP contribution in [0.25, 0.3) is 0 Å². The molecule has 2 aliphatic rings. The minimum Gasteiger partial charge on any atom is -0.378 e. The third kappa shape index (κ3) is 3.38. The Morgan fingerprint density at radius 3 is 2.80 bits per heavy atom. The summed E-state index contributed by atoms with van der Waals surface area (Å²) >= 11 is 0. The molecule has 5 nitrogen and oxygen atoms in total. The molecule has 0 bridgehead atoms. The molecule has 25 heavy (non-hydrogen) atoms. The summed E-state index contributed by atoms with van der Waals surface area (Å²) in [6.07, 6.45) is 0. The Morgan fingerprint density at radius 1 is 1.08 bits per heavy atom. The lowest BCUT2D eigenvalue weighted by Gasteiger charge is -2.30. The summed E-state index contributed by atoms with van der Waals surface area (Å²) in [6, 6.07) is 14.2. The zero-order valence-electron chi connectivity index (χ0n) is 14.3. The monoisotopic (exact) mass is 337 g/mol. The van der Waals surface area contributed by atoms with E-state index in [0.717, 1.165) is 56.1 Å². The van der Waals surface area contributed by atoms with E-state index in [9.17, 15) is 4.79 Å². The van der Waals surface area contributed by atoms with Crippen molar-refractivity contribution < 1.29 is 9.53 Å². The van der Waals surface area contributed by atoms with Crippen LogP contribution in [0.15, 0.2) is 42.5 Å². The molecule has 0 unspecified atom stereocenters. The number of carbonyl (C=O) groups excluding carboxylic acids is 1. The summed E-state index contributed by atoms with van der Waals surface area (Å²) in [5.41, 5.74) is 5.46. The lowest BCUT2D eigenvalue weighted by Crippen LogP contribution is -2.37. The number of carbonyl (C=O) groups is 1. The largest absolute Gasteiger partial charge is 0.378 e. The Labute approximate surface area is 148 Å². The Hall–Kier alpha value is -2.37. The molecule has 0 radical (unpaired) electrons. The van der Waals surface area contributed by atoms with Crippen LogP contribution in [-0.4, -0.2) is 32.2 Å². The molecule has 2 aromatic carbocycles. The van der Waals surface area contributed by atoms with Crippen LogP contribution < -0.4 is 15.5 Å². The van der Waals surface area contributed by atoms with Gasteiger partial charge in [-0.15, -0.1) is 0 Å². The van der Waals surface area contributed by atoms with Crippen molar-refractivity contribution in [2.45, 2.75) is 19.6 Å². The molecular formula is C20H23N3O2. The molecule has 2 aliphatic heterocycles.